The van der Waals surface area contributed by atoms with Crippen molar-refractivity contribution in [2.45, 2.75) is 33.8 Å². The number of amides is 1. The third-order valence-corrected chi connectivity index (χ3v) is 1.64. The maximum Gasteiger partial charge on any atom is 0.434 e. The van der Waals surface area contributed by atoms with Gasteiger partial charge in [-0.1, -0.05) is 20.8 Å². The summed E-state index contributed by atoms with van der Waals surface area (Å²) in [4.78, 5) is 14.5. The van der Waals surface area contributed by atoms with Gasteiger partial charge in [-0.25, -0.2) is 4.79 Å². The van der Waals surface area contributed by atoms with Gasteiger partial charge in [0.1, 0.15) is 6.10 Å². The highest BCUT2D eigenvalue weighted by Crippen LogP contribution is 2.24. The number of carbonyl (C=O) groups excluding carboxylic acids is 1. The van der Waals surface area contributed by atoms with E-state index in [2.05, 4.69) is 4.99 Å². The Labute approximate surface area is 66.5 Å². The first-order valence-electron chi connectivity index (χ1n) is 3.71. The summed E-state index contributed by atoms with van der Waals surface area (Å²) in [5.74, 6) is 0. The summed E-state index contributed by atoms with van der Waals surface area (Å²) < 4.78 is 4.86. The molecule has 0 aromatic rings. The van der Waals surface area contributed by atoms with Crippen LogP contribution in [0.5, 0.6) is 0 Å². The number of cyclic esters (lactones) is 1. The first kappa shape index (κ1) is 8.24. The molecule has 0 bridgehead atoms. The molecule has 11 heavy (non-hydrogen) atoms. The molecule has 1 aliphatic heterocycles. The summed E-state index contributed by atoms with van der Waals surface area (Å²) in [6.07, 6.45) is -0.607. The zero-order valence-electron chi connectivity index (χ0n) is 7.34. The maximum absolute atomic E-state index is 10.7. The molecule has 1 atom stereocenters. The second kappa shape index (κ2) is 2.32. The quantitative estimate of drug-likeness (QED) is 0.536. The number of carbonyl (C=O) groups is 1. The van der Waals surface area contributed by atoms with E-state index in [9.17, 15) is 4.79 Å². The van der Waals surface area contributed by atoms with Crippen molar-refractivity contribution in [1.29, 1.82) is 0 Å². The molecular weight excluding hydrogens is 142 g/mol. The molecule has 0 aromatic heterocycles. The second-order valence-corrected chi connectivity index (χ2v) is 3.77. The molecule has 0 N–H and O–H groups in total. The molecule has 0 aromatic carbocycles. The van der Waals surface area contributed by atoms with E-state index in [4.69, 9.17) is 4.74 Å². The minimum Gasteiger partial charge on any atom is -0.439 e. The summed E-state index contributed by atoms with van der Waals surface area (Å²) in [5, 5.41) is 0. The van der Waals surface area contributed by atoms with Crippen LogP contribution >= 0.6 is 0 Å². The van der Waals surface area contributed by atoms with Gasteiger partial charge in [-0.2, -0.15) is 4.99 Å². The molecular formula is C8H13NO2. The van der Waals surface area contributed by atoms with Gasteiger partial charge in [0, 0.05) is 5.41 Å². The van der Waals surface area contributed by atoms with Crippen LogP contribution in [0.3, 0.4) is 0 Å². The largest absolute Gasteiger partial charge is 0.439 e. The summed E-state index contributed by atoms with van der Waals surface area (Å²) in [6.45, 7) is 7.90. The van der Waals surface area contributed by atoms with Crippen molar-refractivity contribution < 1.29 is 9.53 Å². The fourth-order valence-electron chi connectivity index (χ4n) is 1.20. The highest BCUT2D eigenvalue weighted by molar-refractivity contribution is 6.03. The number of ether oxygens (including phenoxy) is 1. The molecule has 3 nitrogen and oxygen atoms in total. The Kier molecular flexibility index (Phi) is 1.74. The van der Waals surface area contributed by atoms with E-state index in [1.54, 1.807) is 0 Å². The summed E-state index contributed by atoms with van der Waals surface area (Å²) in [6, 6.07) is 0. The predicted molar refractivity (Wildman–Crippen MR) is 42.8 cm³/mol. The fourth-order valence-corrected chi connectivity index (χ4v) is 1.20. The van der Waals surface area contributed by atoms with Crippen molar-refractivity contribution in [3.8, 4) is 0 Å². The van der Waals surface area contributed by atoms with Crippen molar-refractivity contribution in [2.24, 2.45) is 10.4 Å². The molecule has 3 heteroatoms. The van der Waals surface area contributed by atoms with Gasteiger partial charge in [0.15, 0.2) is 0 Å². The lowest BCUT2D eigenvalue weighted by Crippen LogP contribution is -2.28. The van der Waals surface area contributed by atoms with Gasteiger partial charge < -0.3 is 4.74 Å². The molecule has 0 spiro atoms. The lowest BCUT2D eigenvalue weighted by atomic mass is 9.87. The monoisotopic (exact) mass is 155 g/mol. The molecule has 0 aliphatic carbocycles. The Bertz CT molecular complexity index is 213. The van der Waals surface area contributed by atoms with Crippen LogP contribution in [-0.4, -0.2) is 17.9 Å². The maximum atomic E-state index is 10.7. The number of hydrogen-bond acceptors (Lipinski definition) is 2. The Morgan fingerprint density at radius 2 is 2.00 bits per heavy atom. The minimum absolute atomic E-state index is 0.0639. The van der Waals surface area contributed by atoms with E-state index >= 15 is 0 Å². The van der Waals surface area contributed by atoms with Crippen molar-refractivity contribution in [1.82, 2.24) is 0 Å². The van der Waals surface area contributed by atoms with Crippen LogP contribution in [-0.2, 0) is 4.74 Å². The van der Waals surface area contributed by atoms with E-state index < -0.39 is 6.09 Å². The Balaban J connectivity index is 2.88. The van der Waals surface area contributed by atoms with Gasteiger partial charge in [-0.3, -0.25) is 0 Å². The first-order chi connectivity index (χ1) is 4.91. The third-order valence-electron chi connectivity index (χ3n) is 1.64. The van der Waals surface area contributed by atoms with E-state index in [1.165, 1.54) is 0 Å². The zero-order chi connectivity index (χ0) is 8.65. The molecule has 0 unspecified atom stereocenters. The fraction of sp³-hybridized carbons (Fsp3) is 0.750. The summed E-state index contributed by atoms with van der Waals surface area (Å²) in [5.41, 5.74) is 0.772. The number of aliphatic imine (C=N–C) groups is 1. The van der Waals surface area contributed by atoms with Gasteiger partial charge in [-0.15, -0.1) is 0 Å². The number of rotatable bonds is 0. The molecule has 0 saturated carbocycles. The highest BCUT2D eigenvalue weighted by Gasteiger charge is 2.32. The molecule has 1 amide bonds. The van der Waals surface area contributed by atoms with E-state index in [0.29, 0.717) is 0 Å². The first-order valence-corrected chi connectivity index (χ1v) is 3.71. The van der Waals surface area contributed by atoms with Gasteiger partial charge in [0.05, 0.1) is 5.71 Å². The Morgan fingerprint density at radius 3 is 2.18 bits per heavy atom. The van der Waals surface area contributed by atoms with Crippen LogP contribution in [0.2, 0.25) is 0 Å². The normalized spacial score (nSPS) is 24.9. The van der Waals surface area contributed by atoms with Gasteiger partial charge >= 0.3 is 6.09 Å². The highest BCUT2D eigenvalue weighted by atomic mass is 16.6. The number of nitrogens with zero attached hydrogens (tertiary/aromatic N) is 1. The van der Waals surface area contributed by atoms with Crippen LogP contribution in [0.4, 0.5) is 4.79 Å². The lowest BCUT2D eigenvalue weighted by Gasteiger charge is -2.20. The molecule has 0 radical (unpaired) electrons. The second-order valence-electron chi connectivity index (χ2n) is 3.77. The van der Waals surface area contributed by atoms with Gasteiger partial charge in [0.2, 0.25) is 0 Å². The van der Waals surface area contributed by atoms with Crippen molar-refractivity contribution in [3.63, 3.8) is 0 Å². The summed E-state index contributed by atoms with van der Waals surface area (Å²) >= 11 is 0. The standard InChI is InChI=1S/C8H13NO2/c1-5-6(8(2,3)4)9-7(10)11-5/h5H,1-4H3/t5-/m1/s1. The lowest BCUT2D eigenvalue weighted by molar-refractivity contribution is 0.153. The number of hydrogen-bond donors (Lipinski definition) is 0. The van der Waals surface area contributed by atoms with E-state index in [-0.39, 0.29) is 11.5 Å². The molecule has 1 heterocycles. The molecule has 62 valence electrons. The van der Waals surface area contributed by atoms with E-state index in [0.717, 1.165) is 5.71 Å². The van der Waals surface area contributed by atoms with Crippen LogP contribution in [0.25, 0.3) is 0 Å². The van der Waals surface area contributed by atoms with Crippen LogP contribution in [0, 0.1) is 5.41 Å². The van der Waals surface area contributed by atoms with E-state index in [1.807, 2.05) is 27.7 Å². The van der Waals surface area contributed by atoms with Crippen LogP contribution < -0.4 is 0 Å². The topological polar surface area (TPSA) is 38.7 Å². The third kappa shape index (κ3) is 1.59. The molecule has 1 rings (SSSR count). The van der Waals surface area contributed by atoms with Crippen molar-refractivity contribution in [3.05, 3.63) is 0 Å². The molecule has 0 saturated heterocycles. The smallest absolute Gasteiger partial charge is 0.434 e. The average Bonchev–Trinajstić information content (AvgIpc) is 2.08. The van der Waals surface area contributed by atoms with Crippen molar-refractivity contribution >= 4 is 11.8 Å². The van der Waals surface area contributed by atoms with Crippen LogP contribution in [0.1, 0.15) is 27.7 Å². The zero-order valence-corrected chi connectivity index (χ0v) is 7.34. The Hall–Kier alpha value is -0.860. The Morgan fingerprint density at radius 1 is 1.45 bits per heavy atom. The van der Waals surface area contributed by atoms with Crippen molar-refractivity contribution in [2.75, 3.05) is 0 Å². The average molecular weight is 155 g/mol. The van der Waals surface area contributed by atoms with Gasteiger partial charge in [0.25, 0.3) is 0 Å². The predicted octanol–water partition coefficient (Wildman–Crippen LogP) is 2.01. The van der Waals surface area contributed by atoms with Gasteiger partial charge in [-0.05, 0) is 6.92 Å². The minimum atomic E-state index is -0.456. The molecule has 0 fully saturated rings. The summed E-state index contributed by atoms with van der Waals surface area (Å²) in [7, 11) is 0. The van der Waals surface area contributed by atoms with Crippen LogP contribution in [0.15, 0.2) is 4.99 Å². The SMILES string of the molecule is C[C@H]1OC(=O)N=C1C(C)(C)C. The molecule has 1 aliphatic rings.